The number of hydrogen-bond donors (Lipinski definition) is 2. The largest absolute Gasteiger partial charge is 0.497 e. The highest BCUT2D eigenvalue weighted by Crippen LogP contribution is 2.22. The maximum absolute atomic E-state index is 12.2. The van der Waals surface area contributed by atoms with E-state index >= 15 is 0 Å². The van der Waals surface area contributed by atoms with Crippen LogP contribution in [0.4, 0.5) is 0 Å². The van der Waals surface area contributed by atoms with E-state index in [1.54, 1.807) is 38.3 Å². The van der Waals surface area contributed by atoms with Crippen LogP contribution in [0.3, 0.4) is 0 Å². The first-order valence-electron chi connectivity index (χ1n) is 9.04. The number of halogens is 1. The lowest BCUT2D eigenvalue weighted by atomic mass is 10.2. The molecule has 0 saturated heterocycles. The van der Waals surface area contributed by atoms with Crippen molar-refractivity contribution in [1.29, 1.82) is 0 Å². The molecule has 2 rings (SSSR count). The lowest BCUT2D eigenvalue weighted by Gasteiger charge is -2.13. The Kier molecular flexibility index (Phi) is 8.21. The van der Waals surface area contributed by atoms with E-state index < -0.39 is 11.9 Å². The fourth-order valence-corrected chi connectivity index (χ4v) is 2.71. The zero-order valence-electron chi connectivity index (χ0n) is 16.7. The molecule has 29 heavy (non-hydrogen) atoms. The third-order valence-electron chi connectivity index (χ3n) is 3.81. The van der Waals surface area contributed by atoms with E-state index in [-0.39, 0.29) is 12.0 Å². The minimum Gasteiger partial charge on any atom is -0.497 e. The highest BCUT2D eigenvalue weighted by atomic mass is 79.9. The van der Waals surface area contributed by atoms with Crippen LogP contribution >= 0.6 is 15.9 Å². The number of benzene rings is 2. The summed E-state index contributed by atoms with van der Waals surface area (Å²) in [7, 11) is 1.55. The molecule has 7 nitrogen and oxygen atoms in total. The van der Waals surface area contributed by atoms with Gasteiger partial charge in [-0.2, -0.15) is 5.10 Å². The lowest BCUT2D eigenvalue weighted by Crippen LogP contribution is -2.43. The average Bonchev–Trinajstić information content (AvgIpc) is 2.69. The molecular formula is C21H24BrN3O4. The van der Waals surface area contributed by atoms with Gasteiger partial charge in [0.2, 0.25) is 0 Å². The Balaban J connectivity index is 1.95. The van der Waals surface area contributed by atoms with Gasteiger partial charge in [0, 0.05) is 15.6 Å². The first-order chi connectivity index (χ1) is 13.8. The molecular weight excluding hydrogens is 438 g/mol. The van der Waals surface area contributed by atoms with Crippen LogP contribution in [0, 0.1) is 0 Å². The van der Waals surface area contributed by atoms with Crippen LogP contribution in [-0.2, 0) is 4.79 Å². The molecule has 0 aliphatic rings. The first-order valence-corrected chi connectivity index (χ1v) is 9.83. The van der Waals surface area contributed by atoms with Gasteiger partial charge in [-0.25, -0.2) is 5.43 Å². The van der Waals surface area contributed by atoms with Gasteiger partial charge in [0.25, 0.3) is 11.8 Å². The summed E-state index contributed by atoms with van der Waals surface area (Å²) in [6.45, 7) is 5.44. The smallest absolute Gasteiger partial charge is 0.262 e. The number of hydrazone groups is 1. The molecule has 1 unspecified atom stereocenters. The summed E-state index contributed by atoms with van der Waals surface area (Å²) in [5.41, 5.74) is 3.57. The van der Waals surface area contributed by atoms with Crippen molar-refractivity contribution in [1.82, 2.24) is 10.7 Å². The monoisotopic (exact) mass is 461 g/mol. The van der Waals surface area contributed by atoms with E-state index in [1.165, 1.54) is 6.21 Å². The normalized spacial score (nSPS) is 11.9. The molecule has 0 aromatic heterocycles. The number of carbonyl (C=O) groups excluding carboxylic acids is 2. The van der Waals surface area contributed by atoms with E-state index in [4.69, 9.17) is 9.47 Å². The molecule has 2 aromatic rings. The van der Waals surface area contributed by atoms with Gasteiger partial charge in [-0.05, 0) is 63.2 Å². The minimum atomic E-state index is -0.768. The number of nitrogens with one attached hydrogen (secondary N) is 2. The zero-order chi connectivity index (χ0) is 21.4. The van der Waals surface area contributed by atoms with Crippen LogP contribution in [-0.4, -0.2) is 37.3 Å². The van der Waals surface area contributed by atoms with Gasteiger partial charge in [0.1, 0.15) is 17.5 Å². The zero-order valence-corrected chi connectivity index (χ0v) is 18.3. The summed E-state index contributed by atoms with van der Waals surface area (Å²) < 4.78 is 11.7. The van der Waals surface area contributed by atoms with Crippen molar-refractivity contribution in [3.8, 4) is 11.5 Å². The summed E-state index contributed by atoms with van der Waals surface area (Å²) in [5.74, 6) is 0.500. The highest BCUT2D eigenvalue weighted by Gasteiger charge is 2.16. The molecule has 0 radical (unpaired) electrons. The SMILES string of the molecule is COc1ccc(C(=O)NC(C)C(=O)NN=Cc2cc(Br)ccc2OC(C)C)cc1. The van der Waals surface area contributed by atoms with Gasteiger partial charge >= 0.3 is 0 Å². The molecule has 2 amide bonds. The molecule has 1 atom stereocenters. The minimum absolute atomic E-state index is 0.00565. The summed E-state index contributed by atoms with van der Waals surface area (Å²) in [4.78, 5) is 24.5. The third kappa shape index (κ3) is 6.90. The maximum Gasteiger partial charge on any atom is 0.262 e. The highest BCUT2D eigenvalue weighted by molar-refractivity contribution is 9.10. The molecule has 2 aromatic carbocycles. The molecule has 0 bridgehead atoms. The van der Waals surface area contributed by atoms with Crippen LogP contribution in [0.15, 0.2) is 52.0 Å². The van der Waals surface area contributed by atoms with E-state index in [0.717, 1.165) is 4.47 Å². The number of amides is 2. The average molecular weight is 462 g/mol. The Morgan fingerprint density at radius 2 is 1.79 bits per heavy atom. The van der Waals surface area contributed by atoms with Crippen molar-refractivity contribution in [2.75, 3.05) is 7.11 Å². The van der Waals surface area contributed by atoms with Gasteiger partial charge in [0.05, 0.1) is 19.4 Å². The molecule has 0 aliphatic carbocycles. The Morgan fingerprint density at radius 3 is 2.41 bits per heavy atom. The third-order valence-corrected chi connectivity index (χ3v) is 4.30. The number of methoxy groups -OCH3 is 1. The standard InChI is InChI=1S/C21H24BrN3O4/c1-13(2)29-19-10-7-17(22)11-16(19)12-23-25-20(26)14(3)24-21(27)15-5-8-18(28-4)9-6-15/h5-14H,1-4H3,(H,24,27)(H,25,26). The molecule has 8 heteroatoms. The van der Waals surface area contributed by atoms with Crippen molar-refractivity contribution in [3.05, 3.63) is 58.1 Å². The Hall–Kier alpha value is -2.87. The van der Waals surface area contributed by atoms with Crippen molar-refractivity contribution in [2.45, 2.75) is 32.9 Å². The van der Waals surface area contributed by atoms with E-state index in [0.29, 0.717) is 22.6 Å². The Bertz CT molecular complexity index is 882. The quantitative estimate of drug-likeness (QED) is 0.464. The Morgan fingerprint density at radius 1 is 1.10 bits per heavy atom. The van der Waals surface area contributed by atoms with E-state index in [2.05, 4.69) is 31.8 Å². The molecule has 0 saturated carbocycles. The van der Waals surface area contributed by atoms with Gasteiger partial charge in [-0.3, -0.25) is 9.59 Å². The van der Waals surface area contributed by atoms with Gasteiger partial charge < -0.3 is 14.8 Å². The number of carbonyl (C=O) groups is 2. The fraction of sp³-hybridized carbons (Fsp3) is 0.286. The van der Waals surface area contributed by atoms with Crippen LogP contribution in [0.5, 0.6) is 11.5 Å². The predicted octanol–water partition coefficient (Wildman–Crippen LogP) is 3.51. The molecule has 0 fully saturated rings. The second kappa shape index (κ2) is 10.6. The molecule has 2 N–H and O–H groups in total. The number of ether oxygens (including phenoxy) is 2. The van der Waals surface area contributed by atoms with Crippen molar-refractivity contribution < 1.29 is 19.1 Å². The van der Waals surface area contributed by atoms with E-state index in [1.807, 2.05) is 32.0 Å². The number of hydrogen-bond acceptors (Lipinski definition) is 5. The Labute approximate surface area is 178 Å². The maximum atomic E-state index is 12.2. The summed E-state index contributed by atoms with van der Waals surface area (Å²) in [5, 5.41) is 6.61. The van der Waals surface area contributed by atoms with Crippen LogP contribution in [0.25, 0.3) is 0 Å². The molecule has 0 spiro atoms. The predicted molar refractivity (Wildman–Crippen MR) is 116 cm³/mol. The fourth-order valence-electron chi connectivity index (χ4n) is 2.33. The summed E-state index contributed by atoms with van der Waals surface area (Å²) in [6.07, 6.45) is 1.50. The molecule has 0 aliphatic heterocycles. The van der Waals surface area contributed by atoms with Gasteiger partial charge in [-0.1, -0.05) is 15.9 Å². The topological polar surface area (TPSA) is 89.0 Å². The molecule has 154 valence electrons. The van der Waals surface area contributed by atoms with Crippen molar-refractivity contribution >= 4 is 34.0 Å². The van der Waals surface area contributed by atoms with Crippen molar-refractivity contribution in [3.63, 3.8) is 0 Å². The summed E-state index contributed by atoms with van der Waals surface area (Å²) >= 11 is 3.41. The van der Waals surface area contributed by atoms with E-state index in [9.17, 15) is 9.59 Å². The van der Waals surface area contributed by atoms with Gasteiger partial charge in [0.15, 0.2) is 0 Å². The first kappa shape index (κ1) is 22.4. The second-order valence-electron chi connectivity index (χ2n) is 6.51. The van der Waals surface area contributed by atoms with Crippen LogP contribution in [0.2, 0.25) is 0 Å². The molecule has 0 heterocycles. The number of rotatable bonds is 8. The number of nitrogens with zero attached hydrogens (tertiary/aromatic N) is 1. The van der Waals surface area contributed by atoms with Crippen LogP contribution < -0.4 is 20.2 Å². The van der Waals surface area contributed by atoms with Crippen molar-refractivity contribution in [2.24, 2.45) is 5.10 Å². The van der Waals surface area contributed by atoms with Crippen LogP contribution in [0.1, 0.15) is 36.7 Å². The second-order valence-corrected chi connectivity index (χ2v) is 7.42. The lowest BCUT2D eigenvalue weighted by molar-refractivity contribution is -0.122. The summed E-state index contributed by atoms with van der Waals surface area (Å²) in [6, 6.07) is 11.4. The van der Waals surface area contributed by atoms with Gasteiger partial charge in [-0.15, -0.1) is 0 Å².